The van der Waals surface area contributed by atoms with E-state index in [-0.39, 0.29) is 5.97 Å². The van der Waals surface area contributed by atoms with Crippen molar-refractivity contribution >= 4 is 11.7 Å². The number of hydrogen-bond donors (Lipinski definition) is 1. The highest BCUT2D eigenvalue weighted by molar-refractivity contribution is 5.75. The predicted octanol–water partition coefficient (Wildman–Crippen LogP) is 1.84. The number of nitrogens with two attached hydrogens (primary N) is 1. The quantitative estimate of drug-likeness (QED) is 0.907. The average Bonchev–Trinajstić information content (AvgIpc) is 2.55. The molecule has 1 aliphatic rings. The van der Waals surface area contributed by atoms with Gasteiger partial charge in [-0.1, -0.05) is 6.07 Å². The fraction of sp³-hybridized carbons (Fsp3) is 0.556. The van der Waals surface area contributed by atoms with Crippen molar-refractivity contribution in [1.29, 1.82) is 5.26 Å². The molecule has 2 rings (SSSR count). The smallest absolute Gasteiger partial charge is 0.330 e. The van der Waals surface area contributed by atoms with Gasteiger partial charge in [-0.25, -0.2) is 4.79 Å². The van der Waals surface area contributed by atoms with Crippen molar-refractivity contribution in [3.05, 3.63) is 29.3 Å². The first-order chi connectivity index (χ1) is 11.3. The standard InChI is InChI=1S/C18H26N4O2/c1-18(2,3)17(23)24-22-10-8-21(9-11-22)16-5-4-14(6-7-19)15(12-16)13-20/h4-5,12H,6,8-11,13,20H2,1-3H3. The zero-order valence-electron chi connectivity index (χ0n) is 14.7. The number of hydroxylamine groups is 2. The molecule has 0 spiro atoms. The van der Waals surface area contributed by atoms with E-state index in [0.717, 1.165) is 29.9 Å². The molecule has 1 saturated heterocycles. The molecule has 0 radical (unpaired) electrons. The summed E-state index contributed by atoms with van der Waals surface area (Å²) in [6.45, 7) is 8.86. The van der Waals surface area contributed by atoms with Crippen LogP contribution >= 0.6 is 0 Å². The number of benzene rings is 1. The summed E-state index contributed by atoms with van der Waals surface area (Å²) >= 11 is 0. The molecule has 1 aromatic rings. The van der Waals surface area contributed by atoms with Crippen LogP contribution in [0.5, 0.6) is 0 Å². The van der Waals surface area contributed by atoms with E-state index in [4.69, 9.17) is 15.8 Å². The minimum atomic E-state index is -0.496. The van der Waals surface area contributed by atoms with E-state index < -0.39 is 5.41 Å². The van der Waals surface area contributed by atoms with Crippen molar-refractivity contribution in [2.45, 2.75) is 33.7 Å². The fourth-order valence-corrected chi connectivity index (χ4v) is 2.55. The molecular weight excluding hydrogens is 304 g/mol. The monoisotopic (exact) mass is 330 g/mol. The molecule has 1 heterocycles. The van der Waals surface area contributed by atoms with Crippen LogP contribution in [0.3, 0.4) is 0 Å². The van der Waals surface area contributed by atoms with Crippen LogP contribution in [0, 0.1) is 16.7 Å². The van der Waals surface area contributed by atoms with Crippen LogP contribution in [0.1, 0.15) is 31.9 Å². The summed E-state index contributed by atoms with van der Waals surface area (Å²) in [5.41, 5.74) is 8.40. The average molecular weight is 330 g/mol. The summed E-state index contributed by atoms with van der Waals surface area (Å²) in [4.78, 5) is 19.6. The fourth-order valence-electron chi connectivity index (χ4n) is 2.55. The molecular formula is C18H26N4O2. The van der Waals surface area contributed by atoms with Crippen molar-refractivity contribution in [3.63, 3.8) is 0 Å². The minimum Gasteiger partial charge on any atom is -0.369 e. The Labute approximate surface area is 143 Å². The molecule has 0 saturated carbocycles. The molecule has 0 aromatic heterocycles. The van der Waals surface area contributed by atoms with Gasteiger partial charge in [-0.3, -0.25) is 0 Å². The van der Waals surface area contributed by atoms with Gasteiger partial charge in [0.25, 0.3) is 0 Å². The first-order valence-corrected chi connectivity index (χ1v) is 8.26. The van der Waals surface area contributed by atoms with Gasteiger partial charge in [0.05, 0.1) is 31.0 Å². The number of carbonyl (C=O) groups excluding carboxylic acids is 1. The Morgan fingerprint density at radius 2 is 1.92 bits per heavy atom. The van der Waals surface area contributed by atoms with E-state index in [9.17, 15) is 4.79 Å². The Balaban J connectivity index is 1.97. The molecule has 0 bridgehead atoms. The molecule has 6 nitrogen and oxygen atoms in total. The summed E-state index contributed by atoms with van der Waals surface area (Å²) in [5.74, 6) is -0.206. The number of nitriles is 1. The SMILES string of the molecule is CC(C)(C)C(=O)ON1CCN(c2ccc(CC#N)c(CN)c2)CC1. The molecule has 0 aliphatic carbocycles. The van der Waals surface area contributed by atoms with Crippen molar-refractivity contribution < 1.29 is 9.63 Å². The van der Waals surface area contributed by atoms with E-state index in [2.05, 4.69) is 17.0 Å². The highest BCUT2D eigenvalue weighted by atomic mass is 16.7. The van der Waals surface area contributed by atoms with Crippen molar-refractivity contribution in [3.8, 4) is 6.07 Å². The molecule has 0 atom stereocenters. The maximum atomic E-state index is 11.9. The van der Waals surface area contributed by atoms with E-state index in [1.54, 1.807) is 5.06 Å². The second-order valence-corrected chi connectivity index (χ2v) is 7.04. The van der Waals surface area contributed by atoms with Crippen molar-refractivity contribution in [1.82, 2.24) is 5.06 Å². The lowest BCUT2D eigenvalue weighted by atomic mass is 9.98. The van der Waals surface area contributed by atoms with Crippen LogP contribution in [0.25, 0.3) is 0 Å². The van der Waals surface area contributed by atoms with Gasteiger partial charge in [-0.15, -0.1) is 5.06 Å². The third-order valence-corrected chi connectivity index (χ3v) is 4.11. The Hall–Kier alpha value is -2.10. The van der Waals surface area contributed by atoms with Gasteiger partial charge in [-0.2, -0.15) is 5.26 Å². The summed E-state index contributed by atoms with van der Waals surface area (Å²) < 4.78 is 0. The van der Waals surface area contributed by atoms with Crippen LogP contribution < -0.4 is 10.6 Å². The number of carbonyl (C=O) groups is 1. The van der Waals surface area contributed by atoms with E-state index in [1.165, 1.54) is 0 Å². The lowest BCUT2D eigenvalue weighted by Crippen LogP contribution is -2.48. The normalized spacial score (nSPS) is 15.9. The highest BCUT2D eigenvalue weighted by Crippen LogP contribution is 2.22. The highest BCUT2D eigenvalue weighted by Gasteiger charge is 2.28. The van der Waals surface area contributed by atoms with Crippen LogP contribution in [0.4, 0.5) is 5.69 Å². The van der Waals surface area contributed by atoms with Crippen LogP contribution in [0.15, 0.2) is 18.2 Å². The van der Waals surface area contributed by atoms with Crippen LogP contribution in [-0.2, 0) is 22.6 Å². The first kappa shape index (κ1) is 18.2. The first-order valence-electron chi connectivity index (χ1n) is 8.26. The van der Waals surface area contributed by atoms with Gasteiger partial charge in [0, 0.05) is 25.3 Å². The number of nitrogens with zero attached hydrogens (tertiary/aromatic N) is 3. The summed E-state index contributed by atoms with van der Waals surface area (Å²) in [5, 5.41) is 10.6. The number of anilines is 1. The summed E-state index contributed by atoms with van der Waals surface area (Å²) in [6, 6.07) is 8.24. The molecule has 24 heavy (non-hydrogen) atoms. The Bertz CT molecular complexity index is 623. The molecule has 1 fully saturated rings. The van der Waals surface area contributed by atoms with Gasteiger partial charge in [0.1, 0.15) is 0 Å². The zero-order chi connectivity index (χ0) is 17.7. The van der Waals surface area contributed by atoms with Crippen LogP contribution in [-0.4, -0.2) is 37.2 Å². The topological polar surface area (TPSA) is 82.6 Å². The number of hydrogen-bond acceptors (Lipinski definition) is 6. The molecule has 6 heteroatoms. The summed E-state index contributed by atoms with van der Waals surface area (Å²) in [6.07, 6.45) is 0.378. The van der Waals surface area contributed by atoms with Gasteiger partial charge in [0.2, 0.25) is 0 Å². The second kappa shape index (κ2) is 7.65. The van der Waals surface area contributed by atoms with Gasteiger partial charge in [0.15, 0.2) is 0 Å². The Kier molecular flexibility index (Phi) is 5.81. The third kappa shape index (κ3) is 4.47. The molecule has 0 amide bonds. The molecule has 2 N–H and O–H groups in total. The third-order valence-electron chi connectivity index (χ3n) is 4.11. The van der Waals surface area contributed by atoms with Gasteiger partial charge in [-0.05, 0) is 44.0 Å². The molecule has 130 valence electrons. The van der Waals surface area contributed by atoms with E-state index in [1.807, 2.05) is 32.9 Å². The molecule has 0 unspecified atom stereocenters. The second-order valence-electron chi connectivity index (χ2n) is 7.04. The molecule has 1 aromatic carbocycles. The maximum Gasteiger partial charge on any atom is 0.330 e. The largest absolute Gasteiger partial charge is 0.369 e. The van der Waals surface area contributed by atoms with Crippen LogP contribution in [0.2, 0.25) is 0 Å². The van der Waals surface area contributed by atoms with Gasteiger partial charge < -0.3 is 15.5 Å². The lowest BCUT2D eigenvalue weighted by Gasteiger charge is -2.36. The minimum absolute atomic E-state index is 0.206. The predicted molar refractivity (Wildman–Crippen MR) is 93.0 cm³/mol. The Morgan fingerprint density at radius 1 is 1.25 bits per heavy atom. The van der Waals surface area contributed by atoms with E-state index in [0.29, 0.717) is 26.1 Å². The molecule has 1 aliphatic heterocycles. The maximum absolute atomic E-state index is 11.9. The number of piperazine rings is 1. The number of rotatable bonds is 4. The summed E-state index contributed by atoms with van der Waals surface area (Å²) in [7, 11) is 0. The lowest BCUT2D eigenvalue weighted by molar-refractivity contribution is -0.201. The van der Waals surface area contributed by atoms with Crippen molar-refractivity contribution in [2.75, 3.05) is 31.1 Å². The van der Waals surface area contributed by atoms with Crippen molar-refractivity contribution in [2.24, 2.45) is 11.1 Å². The van der Waals surface area contributed by atoms with E-state index >= 15 is 0 Å². The zero-order valence-corrected chi connectivity index (χ0v) is 14.7. The van der Waals surface area contributed by atoms with Gasteiger partial charge >= 0.3 is 5.97 Å². The Morgan fingerprint density at radius 3 is 2.46 bits per heavy atom.